The second kappa shape index (κ2) is 5.61. The molecule has 0 heterocycles. The summed E-state index contributed by atoms with van der Waals surface area (Å²) in [6.45, 7) is 3.21. The Balaban J connectivity index is 2.65. The van der Waals surface area contributed by atoms with Crippen molar-refractivity contribution in [2.75, 3.05) is 6.79 Å². The number of alkyl halides is 1. The number of carbonyl (C=O) groups is 1. The van der Waals surface area contributed by atoms with Crippen molar-refractivity contribution in [3.05, 3.63) is 29.3 Å². The zero-order valence-electron chi connectivity index (χ0n) is 8.75. The summed E-state index contributed by atoms with van der Waals surface area (Å²) in [4.78, 5) is 10.5. The molecule has 1 aromatic rings. The van der Waals surface area contributed by atoms with E-state index in [4.69, 9.17) is 16.3 Å². The first-order chi connectivity index (χ1) is 7.13. The third-order valence-electron chi connectivity index (χ3n) is 1.84. The third kappa shape index (κ3) is 3.80. The van der Waals surface area contributed by atoms with Gasteiger partial charge in [0.05, 0.1) is 5.88 Å². The molecule has 0 aliphatic carbocycles. The second-order valence-electron chi connectivity index (χ2n) is 3.14. The highest BCUT2D eigenvalue weighted by atomic mass is 35.5. The molecule has 0 bridgehead atoms. The van der Waals surface area contributed by atoms with Gasteiger partial charge in [0.2, 0.25) is 6.79 Å². The minimum atomic E-state index is -0.366. The van der Waals surface area contributed by atoms with Crippen LogP contribution in [0.3, 0.4) is 0 Å². The van der Waals surface area contributed by atoms with E-state index < -0.39 is 0 Å². The Morgan fingerprint density at radius 1 is 1.47 bits per heavy atom. The normalized spacial score (nSPS) is 9.80. The molecule has 0 atom stereocenters. The van der Waals surface area contributed by atoms with E-state index in [0.717, 1.165) is 11.1 Å². The van der Waals surface area contributed by atoms with Crippen molar-refractivity contribution in [1.29, 1.82) is 0 Å². The van der Waals surface area contributed by atoms with Gasteiger partial charge in [0, 0.05) is 12.5 Å². The van der Waals surface area contributed by atoms with Gasteiger partial charge in [0.15, 0.2) is 0 Å². The molecule has 0 spiro atoms. The van der Waals surface area contributed by atoms with Crippen LogP contribution in [0.15, 0.2) is 18.2 Å². The minimum Gasteiger partial charge on any atom is -0.457 e. The van der Waals surface area contributed by atoms with Gasteiger partial charge in [0.25, 0.3) is 0 Å². The van der Waals surface area contributed by atoms with Crippen LogP contribution >= 0.6 is 11.6 Å². The van der Waals surface area contributed by atoms with Gasteiger partial charge >= 0.3 is 5.97 Å². The third-order valence-corrected chi connectivity index (χ3v) is 2.13. The molecule has 15 heavy (non-hydrogen) atoms. The summed E-state index contributed by atoms with van der Waals surface area (Å²) < 4.78 is 9.97. The maximum absolute atomic E-state index is 10.5. The van der Waals surface area contributed by atoms with Gasteiger partial charge in [0.1, 0.15) is 5.75 Å². The van der Waals surface area contributed by atoms with Crippen LogP contribution < -0.4 is 4.74 Å². The molecule has 0 saturated carbocycles. The summed E-state index contributed by atoms with van der Waals surface area (Å²) >= 11 is 5.74. The predicted octanol–water partition coefficient (Wildman–Crippen LogP) is 2.63. The Morgan fingerprint density at radius 2 is 2.20 bits per heavy atom. The molecule has 0 fully saturated rings. The predicted molar refractivity (Wildman–Crippen MR) is 58.0 cm³/mol. The van der Waals surface area contributed by atoms with Crippen LogP contribution in [0.4, 0.5) is 0 Å². The first-order valence-electron chi connectivity index (χ1n) is 4.55. The molecule has 0 radical (unpaired) electrons. The fraction of sp³-hybridized carbons (Fsp3) is 0.364. The lowest BCUT2D eigenvalue weighted by Gasteiger charge is -2.10. The number of esters is 1. The summed E-state index contributed by atoms with van der Waals surface area (Å²) in [7, 11) is 0. The topological polar surface area (TPSA) is 35.5 Å². The molecule has 0 aliphatic rings. The van der Waals surface area contributed by atoms with Crippen LogP contribution in [0, 0.1) is 6.92 Å². The van der Waals surface area contributed by atoms with Gasteiger partial charge < -0.3 is 9.47 Å². The summed E-state index contributed by atoms with van der Waals surface area (Å²) in [5.41, 5.74) is 1.95. The standard InChI is InChI=1S/C11H13ClO3/c1-8-3-4-10(6-12)11(5-8)15-7-14-9(2)13/h3-5H,6-7H2,1-2H3. The van der Waals surface area contributed by atoms with Gasteiger partial charge in [-0.05, 0) is 18.6 Å². The highest BCUT2D eigenvalue weighted by molar-refractivity contribution is 6.17. The molecular weight excluding hydrogens is 216 g/mol. The first-order valence-corrected chi connectivity index (χ1v) is 5.08. The molecule has 3 nitrogen and oxygen atoms in total. The molecule has 0 amide bonds. The van der Waals surface area contributed by atoms with Crippen LogP contribution in [-0.4, -0.2) is 12.8 Å². The fourth-order valence-electron chi connectivity index (χ4n) is 1.08. The van der Waals surface area contributed by atoms with Gasteiger partial charge in [-0.15, -0.1) is 11.6 Å². The maximum atomic E-state index is 10.5. The highest BCUT2D eigenvalue weighted by Gasteiger charge is 2.03. The lowest BCUT2D eigenvalue weighted by atomic mass is 10.1. The van der Waals surface area contributed by atoms with Crippen LogP contribution in [0.2, 0.25) is 0 Å². The number of rotatable bonds is 4. The first kappa shape index (κ1) is 11.9. The van der Waals surface area contributed by atoms with E-state index in [1.165, 1.54) is 6.92 Å². The van der Waals surface area contributed by atoms with Crippen LogP contribution in [0.25, 0.3) is 0 Å². The minimum absolute atomic E-state index is 0.0807. The van der Waals surface area contributed by atoms with E-state index in [9.17, 15) is 4.79 Å². The number of hydrogen-bond donors (Lipinski definition) is 0. The monoisotopic (exact) mass is 228 g/mol. The van der Waals surface area contributed by atoms with Gasteiger partial charge in [-0.25, -0.2) is 0 Å². The lowest BCUT2D eigenvalue weighted by Crippen LogP contribution is -2.07. The van der Waals surface area contributed by atoms with Crippen molar-refractivity contribution in [2.45, 2.75) is 19.7 Å². The number of carbonyl (C=O) groups excluding carboxylic acids is 1. The van der Waals surface area contributed by atoms with Crippen molar-refractivity contribution in [1.82, 2.24) is 0 Å². The van der Waals surface area contributed by atoms with Crippen molar-refractivity contribution >= 4 is 17.6 Å². The molecule has 0 unspecified atom stereocenters. The smallest absolute Gasteiger partial charge is 0.305 e. The van der Waals surface area contributed by atoms with Crippen LogP contribution in [0.1, 0.15) is 18.1 Å². The maximum Gasteiger partial charge on any atom is 0.305 e. The largest absolute Gasteiger partial charge is 0.457 e. The second-order valence-corrected chi connectivity index (χ2v) is 3.41. The average molecular weight is 229 g/mol. The summed E-state index contributed by atoms with van der Waals surface area (Å²) in [6, 6.07) is 5.71. The number of benzene rings is 1. The average Bonchev–Trinajstić information content (AvgIpc) is 2.17. The summed E-state index contributed by atoms with van der Waals surface area (Å²) in [5, 5.41) is 0. The zero-order valence-corrected chi connectivity index (χ0v) is 9.50. The molecule has 1 rings (SSSR count). The van der Waals surface area contributed by atoms with Crippen LogP contribution in [-0.2, 0) is 15.4 Å². The number of halogens is 1. The van der Waals surface area contributed by atoms with E-state index >= 15 is 0 Å². The molecule has 82 valence electrons. The Kier molecular flexibility index (Phi) is 4.43. The Bertz CT molecular complexity index is 350. The highest BCUT2D eigenvalue weighted by Crippen LogP contribution is 2.21. The Labute approximate surface area is 93.9 Å². The lowest BCUT2D eigenvalue weighted by molar-refractivity contribution is -0.147. The molecular formula is C11H13ClO3. The fourth-order valence-corrected chi connectivity index (χ4v) is 1.30. The van der Waals surface area contributed by atoms with E-state index in [1.54, 1.807) is 0 Å². The van der Waals surface area contributed by atoms with Crippen LogP contribution in [0.5, 0.6) is 5.75 Å². The molecule has 0 aliphatic heterocycles. The molecule has 4 heteroatoms. The molecule has 0 saturated heterocycles. The van der Waals surface area contributed by atoms with Crippen molar-refractivity contribution < 1.29 is 14.3 Å². The molecule has 0 aromatic heterocycles. The summed E-state index contributed by atoms with van der Waals surface area (Å²) in [5.74, 6) is 0.664. The van der Waals surface area contributed by atoms with E-state index in [0.29, 0.717) is 11.6 Å². The molecule has 1 aromatic carbocycles. The van der Waals surface area contributed by atoms with Gasteiger partial charge in [-0.1, -0.05) is 12.1 Å². The number of hydrogen-bond acceptors (Lipinski definition) is 3. The quantitative estimate of drug-likeness (QED) is 0.452. The van der Waals surface area contributed by atoms with E-state index in [1.807, 2.05) is 25.1 Å². The summed E-state index contributed by atoms with van der Waals surface area (Å²) in [6.07, 6.45) is 0. The van der Waals surface area contributed by atoms with Crippen molar-refractivity contribution in [2.24, 2.45) is 0 Å². The Hall–Kier alpha value is -1.22. The Morgan fingerprint density at radius 3 is 2.80 bits per heavy atom. The van der Waals surface area contributed by atoms with Gasteiger partial charge in [-0.3, -0.25) is 4.79 Å². The van der Waals surface area contributed by atoms with E-state index in [-0.39, 0.29) is 12.8 Å². The van der Waals surface area contributed by atoms with E-state index in [2.05, 4.69) is 4.74 Å². The van der Waals surface area contributed by atoms with Gasteiger partial charge in [-0.2, -0.15) is 0 Å². The van der Waals surface area contributed by atoms with Crippen molar-refractivity contribution in [3.8, 4) is 5.75 Å². The number of aryl methyl sites for hydroxylation is 1. The molecule has 0 N–H and O–H groups in total. The zero-order chi connectivity index (χ0) is 11.3. The number of ether oxygens (including phenoxy) is 2. The van der Waals surface area contributed by atoms with Crippen molar-refractivity contribution in [3.63, 3.8) is 0 Å². The SMILES string of the molecule is CC(=O)OCOc1cc(C)ccc1CCl.